The number of anilines is 1. The summed E-state index contributed by atoms with van der Waals surface area (Å²) in [7, 11) is 0. The summed E-state index contributed by atoms with van der Waals surface area (Å²) in [5.74, 6) is -1.72. The van der Waals surface area contributed by atoms with Crippen LogP contribution in [0.1, 0.15) is 66.6 Å². The third kappa shape index (κ3) is 4.64. The number of aliphatic carboxylic acids is 1. The van der Waals surface area contributed by atoms with E-state index in [1.807, 2.05) is 20.8 Å². The Labute approximate surface area is 169 Å². The number of piperidine rings is 1. The molecule has 1 aliphatic rings. The Morgan fingerprint density at radius 2 is 1.97 bits per heavy atom. The molecule has 154 valence electrons. The van der Waals surface area contributed by atoms with Crippen LogP contribution in [0, 0.1) is 0 Å². The zero-order valence-electron chi connectivity index (χ0n) is 16.9. The standard InChI is InChI=1S/C21H26N4O4/c1-21(2,3)17-12-15(23-24-17)18(26)22-14-8-6-7-13(11-14)19(27)25-10-5-4-9-16(25)20(28)29/h6-8,11-12,16H,4-5,9-10H2,1-3H3,(H,22,26)(H,23,24)(H,28,29). The Balaban J connectivity index is 1.75. The summed E-state index contributed by atoms with van der Waals surface area (Å²) in [6, 6.07) is 7.41. The first-order valence-corrected chi connectivity index (χ1v) is 9.68. The van der Waals surface area contributed by atoms with Gasteiger partial charge in [0.05, 0.1) is 0 Å². The van der Waals surface area contributed by atoms with Crippen molar-refractivity contribution in [1.29, 1.82) is 0 Å². The molecule has 1 aliphatic heterocycles. The van der Waals surface area contributed by atoms with Crippen LogP contribution in [-0.2, 0) is 10.2 Å². The number of aromatic amines is 1. The predicted molar refractivity (Wildman–Crippen MR) is 108 cm³/mol. The van der Waals surface area contributed by atoms with E-state index >= 15 is 0 Å². The lowest BCUT2D eigenvalue weighted by atomic mass is 9.92. The lowest BCUT2D eigenvalue weighted by Crippen LogP contribution is -2.48. The van der Waals surface area contributed by atoms with Crippen LogP contribution < -0.4 is 5.32 Å². The van der Waals surface area contributed by atoms with Crippen LogP contribution in [0.5, 0.6) is 0 Å². The molecule has 1 atom stereocenters. The van der Waals surface area contributed by atoms with Crippen molar-refractivity contribution in [2.24, 2.45) is 0 Å². The van der Waals surface area contributed by atoms with Crippen LogP contribution in [0.4, 0.5) is 5.69 Å². The highest BCUT2D eigenvalue weighted by Gasteiger charge is 2.32. The first-order chi connectivity index (χ1) is 13.7. The van der Waals surface area contributed by atoms with Gasteiger partial charge in [-0.2, -0.15) is 5.10 Å². The van der Waals surface area contributed by atoms with Gasteiger partial charge in [-0.05, 0) is 43.5 Å². The second kappa shape index (κ2) is 8.06. The molecule has 3 N–H and O–H groups in total. The van der Waals surface area contributed by atoms with Crippen LogP contribution in [0.25, 0.3) is 0 Å². The van der Waals surface area contributed by atoms with Crippen LogP contribution in [0.3, 0.4) is 0 Å². The first kappa shape index (κ1) is 20.6. The van der Waals surface area contributed by atoms with E-state index in [9.17, 15) is 19.5 Å². The number of hydrogen-bond donors (Lipinski definition) is 3. The van der Waals surface area contributed by atoms with Crippen LogP contribution in [-0.4, -0.2) is 50.6 Å². The number of carboxylic acid groups (broad SMARTS) is 1. The van der Waals surface area contributed by atoms with Gasteiger partial charge in [0.15, 0.2) is 5.69 Å². The number of benzene rings is 1. The largest absolute Gasteiger partial charge is 0.480 e. The molecule has 1 aromatic heterocycles. The lowest BCUT2D eigenvalue weighted by molar-refractivity contribution is -0.143. The number of carboxylic acids is 1. The maximum atomic E-state index is 12.9. The highest BCUT2D eigenvalue weighted by atomic mass is 16.4. The molecule has 3 rings (SSSR count). The number of aromatic nitrogens is 2. The van der Waals surface area contributed by atoms with Crippen molar-refractivity contribution in [2.45, 2.75) is 51.5 Å². The summed E-state index contributed by atoms with van der Waals surface area (Å²) >= 11 is 0. The van der Waals surface area contributed by atoms with Crippen LogP contribution in [0.2, 0.25) is 0 Å². The third-order valence-corrected chi connectivity index (χ3v) is 5.03. The van der Waals surface area contributed by atoms with Crippen LogP contribution in [0.15, 0.2) is 30.3 Å². The number of H-pyrrole nitrogens is 1. The Morgan fingerprint density at radius 3 is 2.62 bits per heavy atom. The molecule has 0 aliphatic carbocycles. The van der Waals surface area contributed by atoms with Crippen molar-refractivity contribution >= 4 is 23.5 Å². The van der Waals surface area contributed by atoms with E-state index in [1.54, 1.807) is 30.3 Å². The minimum absolute atomic E-state index is 0.160. The molecule has 0 spiro atoms. The Kier molecular flexibility index (Phi) is 5.72. The molecule has 1 saturated heterocycles. The summed E-state index contributed by atoms with van der Waals surface area (Å²) in [6.07, 6.45) is 2.02. The molecular formula is C21H26N4O4. The maximum absolute atomic E-state index is 12.9. The van der Waals surface area contributed by atoms with E-state index in [-0.39, 0.29) is 22.9 Å². The van der Waals surface area contributed by atoms with Crippen molar-refractivity contribution in [1.82, 2.24) is 15.1 Å². The minimum atomic E-state index is -0.990. The minimum Gasteiger partial charge on any atom is -0.480 e. The van der Waals surface area contributed by atoms with Gasteiger partial charge in [-0.25, -0.2) is 4.79 Å². The molecule has 1 aromatic carbocycles. The number of rotatable bonds is 4. The van der Waals surface area contributed by atoms with E-state index in [1.165, 1.54) is 4.90 Å². The zero-order valence-corrected chi connectivity index (χ0v) is 16.9. The van der Waals surface area contributed by atoms with Crippen molar-refractivity contribution in [2.75, 3.05) is 11.9 Å². The van der Waals surface area contributed by atoms with Gasteiger partial charge in [-0.1, -0.05) is 26.8 Å². The van der Waals surface area contributed by atoms with Gasteiger partial charge >= 0.3 is 5.97 Å². The van der Waals surface area contributed by atoms with Gasteiger partial charge in [0, 0.05) is 28.9 Å². The van der Waals surface area contributed by atoms with E-state index in [0.29, 0.717) is 24.2 Å². The summed E-state index contributed by atoms with van der Waals surface area (Å²) in [5, 5.41) is 19.1. The quantitative estimate of drug-likeness (QED) is 0.732. The van der Waals surface area contributed by atoms with E-state index < -0.39 is 12.0 Å². The Morgan fingerprint density at radius 1 is 1.21 bits per heavy atom. The SMILES string of the molecule is CC(C)(C)c1cc(C(=O)Nc2cccc(C(=O)N3CCCCC3C(=O)O)c2)n[nH]1. The molecule has 0 radical (unpaired) electrons. The average Bonchev–Trinajstić information content (AvgIpc) is 3.18. The number of nitrogens with one attached hydrogen (secondary N) is 2. The molecule has 29 heavy (non-hydrogen) atoms. The van der Waals surface area contributed by atoms with Crippen LogP contribution >= 0.6 is 0 Å². The zero-order chi connectivity index (χ0) is 21.2. The van der Waals surface area contributed by atoms with E-state index in [0.717, 1.165) is 18.5 Å². The van der Waals surface area contributed by atoms with Crippen molar-refractivity contribution in [3.63, 3.8) is 0 Å². The summed E-state index contributed by atoms with van der Waals surface area (Å²) < 4.78 is 0. The maximum Gasteiger partial charge on any atom is 0.326 e. The molecule has 0 bridgehead atoms. The molecule has 1 unspecified atom stereocenters. The number of hydrogen-bond acceptors (Lipinski definition) is 4. The molecular weight excluding hydrogens is 372 g/mol. The number of likely N-dealkylation sites (tertiary alicyclic amines) is 1. The van der Waals surface area contributed by atoms with Crippen molar-refractivity contribution in [3.8, 4) is 0 Å². The van der Waals surface area contributed by atoms with Gasteiger partial charge in [0.1, 0.15) is 6.04 Å². The fourth-order valence-electron chi connectivity index (χ4n) is 3.34. The molecule has 8 heteroatoms. The Hall–Kier alpha value is -3.16. The number of carbonyl (C=O) groups is 3. The van der Waals surface area contributed by atoms with Gasteiger partial charge < -0.3 is 15.3 Å². The van der Waals surface area contributed by atoms with Gasteiger partial charge in [-0.3, -0.25) is 14.7 Å². The summed E-state index contributed by atoms with van der Waals surface area (Å²) in [6.45, 7) is 6.46. The summed E-state index contributed by atoms with van der Waals surface area (Å²) in [4.78, 5) is 38.3. The average molecular weight is 398 g/mol. The molecule has 0 saturated carbocycles. The number of amides is 2. The number of carbonyl (C=O) groups excluding carboxylic acids is 2. The van der Waals surface area contributed by atoms with Crippen molar-refractivity contribution < 1.29 is 19.5 Å². The van der Waals surface area contributed by atoms with Gasteiger partial charge in [-0.15, -0.1) is 0 Å². The third-order valence-electron chi connectivity index (χ3n) is 5.03. The predicted octanol–water partition coefficient (Wildman–Crippen LogP) is 3.04. The molecule has 2 amide bonds. The monoisotopic (exact) mass is 398 g/mol. The fraction of sp³-hybridized carbons (Fsp3) is 0.429. The highest BCUT2D eigenvalue weighted by molar-refractivity contribution is 6.04. The normalized spacial score (nSPS) is 17.1. The topological polar surface area (TPSA) is 115 Å². The first-order valence-electron chi connectivity index (χ1n) is 9.68. The van der Waals surface area contributed by atoms with Gasteiger partial charge in [0.2, 0.25) is 0 Å². The lowest BCUT2D eigenvalue weighted by Gasteiger charge is -2.33. The van der Waals surface area contributed by atoms with Crippen molar-refractivity contribution in [3.05, 3.63) is 47.3 Å². The Bertz CT molecular complexity index is 929. The molecule has 8 nitrogen and oxygen atoms in total. The second-order valence-corrected chi connectivity index (χ2v) is 8.30. The molecule has 2 heterocycles. The van der Waals surface area contributed by atoms with E-state index in [2.05, 4.69) is 15.5 Å². The van der Waals surface area contributed by atoms with Gasteiger partial charge in [0.25, 0.3) is 11.8 Å². The smallest absolute Gasteiger partial charge is 0.326 e. The second-order valence-electron chi connectivity index (χ2n) is 8.30. The van der Waals surface area contributed by atoms with E-state index in [4.69, 9.17) is 0 Å². The summed E-state index contributed by atoms with van der Waals surface area (Å²) in [5.41, 5.74) is 1.73. The fourth-order valence-corrected chi connectivity index (χ4v) is 3.34. The highest BCUT2D eigenvalue weighted by Crippen LogP contribution is 2.23. The molecule has 2 aromatic rings. The number of nitrogens with zero attached hydrogens (tertiary/aromatic N) is 2. The molecule has 1 fully saturated rings.